The zero-order valence-corrected chi connectivity index (χ0v) is 17.2. The summed E-state index contributed by atoms with van der Waals surface area (Å²) < 4.78 is 0. The molecule has 26 heavy (non-hydrogen) atoms. The van der Waals surface area contributed by atoms with Crippen LogP contribution in [0.1, 0.15) is 101 Å². The Labute approximate surface area is 155 Å². The van der Waals surface area contributed by atoms with Crippen LogP contribution in [0.5, 0.6) is 5.75 Å². The first-order valence-corrected chi connectivity index (χ1v) is 9.48. The van der Waals surface area contributed by atoms with Crippen LogP contribution < -0.4 is 11.0 Å². The van der Waals surface area contributed by atoms with Gasteiger partial charge in [-0.2, -0.15) is 0 Å². The Hall–Kier alpha value is -2.10. The lowest BCUT2D eigenvalue weighted by atomic mass is 9.76. The quantitative estimate of drug-likeness (QED) is 0.801. The van der Waals surface area contributed by atoms with E-state index in [2.05, 4.69) is 60.4 Å². The minimum absolute atomic E-state index is 0.120. The molecule has 0 saturated carbocycles. The summed E-state index contributed by atoms with van der Waals surface area (Å²) in [5, 5.41) is 10.5. The molecular weight excluding hydrogens is 326 g/mol. The van der Waals surface area contributed by atoms with E-state index in [-0.39, 0.29) is 29.1 Å². The molecule has 0 saturated heterocycles. The van der Waals surface area contributed by atoms with Crippen molar-refractivity contribution in [3.05, 3.63) is 48.9 Å². The summed E-state index contributed by atoms with van der Waals surface area (Å²) in [7, 11) is 0. The van der Waals surface area contributed by atoms with Crippen LogP contribution >= 0.6 is 0 Å². The minimum atomic E-state index is -0.624. The van der Waals surface area contributed by atoms with Crippen LogP contribution in [0.3, 0.4) is 0 Å². The van der Waals surface area contributed by atoms with E-state index in [1.165, 1.54) is 11.1 Å². The Balaban J connectivity index is 3.41. The molecular formula is C22H31NO3. The van der Waals surface area contributed by atoms with Gasteiger partial charge in [0.15, 0.2) is 11.2 Å². The van der Waals surface area contributed by atoms with Gasteiger partial charge < -0.3 is 10.1 Å². The molecule has 2 rings (SSSR count). The zero-order chi connectivity index (χ0) is 19.9. The lowest BCUT2D eigenvalue weighted by molar-refractivity contribution is 0.468. The lowest BCUT2D eigenvalue weighted by Gasteiger charge is -2.28. The molecule has 2 aromatic rings. The van der Waals surface area contributed by atoms with E-state index in [9.17, 15) is 14.7 Å². The molecule has 1 aromatic heterocycles. The van der Waals surface area contributed by atoms with Gasteiger partial charge in [0.05, 0.1) is 5.52 Å². The van der Waals surface area contributed by atoms with Crippen molar-refractivity contribution in [1.29, 1.82) is 0 Å². The van der Waals surface area contributed by atoms with E-state index >= 15 is 0 Å². The molecule has 0 bridgehead atoms. The molecule has 0 unspecified atom stereocenters. The number of aromatic hydroxyl groups is 1. The van der Waals surface area contributed by atoms with E-state index in [4.69, 9.17) is 0 Å². The summed E-state index contributed by atoms with van der Waals surface area (Å²) in [5.41, 5.74) is 4.06. The number of fused-ring (bicyclic) bond motifs is 1. The molecule has 142 valence electrons. The minimum Gasteiger partial charge on any atom is -0.503 e. The summed E-state index contributed by atoms with van der Waals surface area (Å²) in [6, 6.07) is 1.05. The van der Waals surface area contributed by atoms with E-state index < -0.39 is 11.3 Å². The average molecular weight is 357 g/mol. The Morgan fingerprint density at radius 3 is 1.58 bits per heavy atom. The number of rotatable bonds is 4. The normalized spacial score (nSPS) is 12.2. The maximum absolute atomic E-state index is 13.0. The molecule has 0 amide bonds. The fourth-order valence-electron chi connectivity index (χ4n) is 4.10. The van der Waals surface area contributed by atoms with Crippen molar-refractivity contribution in [2.24, 2.45) is 0 Å². The SMILES string of the molecule is CC(C)c1c(C(C)C)c(C(C)C)c2c(=O)cc(O)c(=O)[nH]c2c1C(C)C. The molecule has 0 radical (unpaired) electrons. The second kappa shape index (κ2) is 7.26. The number of aromatic nitrogens is 1. The number of benzene rings is 1. The summed E-state index contributed by atoms with van der Waals surface area (Å²) >= 11 is 0. The third-order valence-corrected chi connectivity index (χ3v) is 4.95. The van der Waals surface area contributed by atoms with Gasteiger partial charge in [-0.05, 0) is 45.9 Å². The van der Waals surface area contributed by atoms with Gasteiger partial charge in [0.1, 0.15) is 0 Å². The van der Waals surface area contributed by atoms with Gasteiger partial charge in [0.2, 0.25) is 0 Å². The smallest absolute Gasteiger partial charge is 0.290 e. The van der Waals surface area contributed by atoms with Crippen molar-refractivity contribution in [3.8, 4) is 5.75 Å². The Morgan fingerprint density at radius 2 is 1.15 bits per heavy atom. The van der Waals surface area contributed by atoms with Gasteiger partial charge in [-0.15, -0.1) is 0 Å². The molecule has 1 aromatic carbocycles. The van der Waals surface area contributed by atoms with Crippen molar-refractivity contribution in [3.63, 3.8) is 0 Å². The maximum atomic E-state index is 13.0. The van der Waals surface area contributed by atoms with Gasteiger partial charge >= 0.3 is 0 Å². The van der Waals surface area contributed by atoms with Crippen molar-refractivity contribution < 1.29 is 5.11 Å². The van der Waals surface area contributed by atoms with Gasteiger partial charge in [-0.25, -0.2) is 0 Å². The predicted octanol–water partition coefficient (Wildman–Crippen LogP) is 5.09. The molecule has 4 nitrogen and oxygen atoms in total. The number of hydrogen-bond donors (Lipinski definition) is 2. The van der Waals surface area contributed by atoms with Gasteiger partial charge in [0, 0.05) is 11.5 Å². The maximum Gasteiger partial charge on any atom is 0.290 e. The third kappa shape index (κ3) is 3.29. The van der Waals surface area contributed by atoms with Crippen LogP contribution in [0.25, 0.3) is 10.9 Å². The molecule has 0 fully saturated rings. The number of aromatic amines is 1. The van der Waals surface area contributed by atoms with Gasteiger partial charge in [-0.3, -0.25) is 9.59 Å². The highest BCUT2D eigenvalue weighted by Gasteiger charge is 2.27. The highest BCUT2D eigenvalue weighted by Crippen LogP contribution is 2.42. The van der Waals surface area contributed by atoms with Crippen molar-refractivity contribution in [1.82, 2.24) is 4.98 Å². The number of H-pyrrole nitrogens is 1. The molecule has 2 N–H and O–H groups in total. The van der Waals surface area contributed by atoms with Crippen LogP contribution in [-0.4, -0.2) is 10.1 Å². The fourth-order valence-corrected chi connectivity index (χ4v) is 4.10. The number of nitrogens with one attached hydrogen (secondary N) is 1. The third-order valence-electron chi connectivity index (χ3n) is 4.95. The summed E-state index contributed by atoms with van der Waals surface area (Å²) in [4.78, 5) is 28.1. The average Bonchev–Trinajstić information content (AvgIpc) is 2.61. The predicted molar refractivity (Wildman–Crippen MR) is 109 cm³/mol. The first-order chi connectivity index (χ1) is 12.0. The van der Waals surface area contributed by atoms with Crippen molar-refractivity contribution >= 4 is 10.9 Å². The summed E-state index contributed by atoms with van der Waals surface area (Å²) in [5.74, 6) is 0.219. The highest BCUT2D eigenvalue weighted by atomic mass is 16.3. The van der Waals surface area contributed by atoms with Crippen LogP contribution in [0.15, 0.2) is 15.7 Å². The molecule has 0 aliphatic rings. The Bertz CT molecular complexity index is 950. The molecule has 1 heterocycles. The first kappa shape index (κ1) is 20.2. The Morgan fingerprint density at radius 1 is 0.731 bits per heavy atom. The van der Waals surface area contributed by atoms with E-state index in [1.807, 2.05) is 0 Å². The second-order valence-electron chi connectivity index (χ2n) is 8.37. The van der Waals surface area contributed by atoms with Gasteiger partial charge in [0.25, 0.3) is 5.56 Å². The largest absolute Gasteiger partial charge is 0.503 e. The van der Waals surface area contributed by atoms with Crippen LogP contribution in [0.4, 0.5) is 0 Å². The van der Waals surface area contributed by atoms with E-state index in [0.717, 1.165) is 17.2 Å². The molecule has 0 spiro atoms. The first-order valence-electron chi connectivity index (χ1n) is 9.48. The fraction of sp³-hybridized carbons (Fsp3) is 0.545. The molecule has 0 aliphatic carbocycles. The highest BCUT2D eigenvalue weighted by molar-refractivity contribution is 5.89. The van der Waals surface area contributed by atoms with Crippen molar-refractivity contribution in [2.45, 2.75) is 79.1 Å². The molecule has 0 atom stereocenters. The van der Waals surface area contributed by atoms with Crippen LogP contribution in [0, 0.1) is 0 Å². The number of hydrogen-bond acceptors (Lipinski definition) is 3. The van der Waals surface area contributed by atoms with E-state index in [0.29, 0.717) is 10.9 Å². The molecule has 4 heteroatoms. The molecule has 0 aliphatic heterocycles. The monoisotopic (exact) mass is 357 g/mol. The second-order valence-corrected chi connectivity index (χ2v) is 8.37. The van der Waals surface area contributed by atoms with Gasteiger partial charge in [-0.1, -0.05) is 55.4 Å². The van der Waals surface area contributed by atoms with Crippen LogP contribution in [0.2, 0.25) is 0 Å². The van der Waals surface area contributed by atoms with Crippen LogP contribution in [-0.2, 0) is 0 Å². The lowest BCUT2D eigenvalue weighted by Crippen LogP contribution is -2.15. The zero-order valence-electron chi connectivity index (χ0n) is 17.2. The van der Waals surface area contributed by atoms with Crippen molar-refractivity contribution in [2.75, 3.05) is 0 Å². The van der Waals surface area contributed by atoms with E-state index in [1.54, 1.807) is 0 Å². The Kier molecular flexibility index (Phi) is 5.64. The summed E-state index contributed by atoms with van der Waals surface area (Å²) in [6.07, 6.45) is 0. The standard InChI is InChI=1S/C22H31NO3/c1-10(2)16-17(11(3)4)19(13(7)8)21-20(18(16)12(5)6)14(24)9-15(25)22(26)23-21/h9-13,25H,1-8H3,(H,23,26). The summed E-state index contributed by atoms with van der Waals surface area (Å²) in [6.45, 7) is 16.9. The topological polar surface area (TPSA) is 70.2 Å².